The fourth-order valence-corrected chi connectivity index (χ4v) is 3.54. The summed E-state index contributed by atoms with van der Waals surface area (Å²) in [5.41, 5.74) is 1.47. The van der Waals surface area contributed by atoms with Crippen LogP contribution in [0.3, 0.4) is 0 Å². The Hall–Kier alpha value is 0.680. The highest BCUT2D eigenvalue weighted by Crippen LogP contribution is 2.13. The van der Waals surface area contributed by atoms with Gasteiger partial charge in [-0.2, -0.15) is 0 Å². The fraction of sp³-hybridized carbons (Fsp3) is 0.400. The highest BCUT2D eigenvalue weighted by Gasteiger charge is 2.05. The summed E-state index contributed by atoms with van der Waals surface area (Å²) in [5, 5.41) is 0. The summed E-state index contributed by atoms with van der Waals surface area (Å²) in [4.78, 5) is 0. The van der Waals surface area contributed by atoms with Crippen molar-refractivity contribution in [2.75, 3.05) is 8.86 Å². The van der Waals surface area contributed by atoms with Crippen LogP contribution in [0, 0.1) is 5.92 Å². The fourth-order valence-electron chi connectivity index (χ4n) is 1.10. The van der Waals surface area contributed by atoms with E-state index in [0.717, 1.165) is 5.92 Å². The molecule has 0 fully saturated rings. The molecule has 0 saturated heterocycles. The molecule has 0 bridgehead atoms. The van der Waals surface area contributed by atoms with Gasteiger partial charge in [-0.25, -0.2) is 0 Å². The zero-order chi connectivity index (χ0) is 8.81. The van der Waals surface area contributed by atoms with E-state index >= 15 is 0 Å². The van der Waals surface area contributed by atoms with Gasteiger partial charge < -0.3 is 0 Å². The molecule has 1 aromatic carbocycles. The van der Waals surface area contributed by atoms with Gasteiger partial charge in [0, 0.05) is 8.86 Å². The lowest BCUT2D eigenvalue weighted by molar-refractivity contribution is 0.690. The molecular formula is C10H12I2. The Kier molecular flexibility index (Phi) is 5.54. The van der Waals surface area contributed by atoms with Crippen LogP contribution in [0.5, 0.6) is 0 Å². The maximum atomic E-state index is 2.47. The molecule has 0 aromatic heterocycles. The first-order valence-corrected chi connectivity index (χ1v) is 7.07. The Morgan fingerprint density at radius 3 is 2.08 bits per heavy atom. The van der Waals surface area contributed by atoms with E-state index in [-0.39, 0.29) is 0 Å². The molecule has 1 rings (SSSR count). The van der Waals surface area contributed by atoms with Crippen molar-refractivity contribution in [3.05, 3.63) is 35.9 Å². The number of hydrogen-bond acceptors (Lipinski definition) is 0. The zero-order valence-electron chi connectivity index (χ0n) is 6.84. The molecule has 0 aliphatic carbocycles. The molecule has 12 heavy (non-hydrogen) atoms. The summed E-state index contributed by atoms with van der Waals surface area (Å²) in [7, 11) is 0. The zero-order valence-corrected chi connectivity index (χ0v) is 11.2. The summed E-state index contributed by atoms with van der Waals surface area (Å²) in [6, 6.07) is 10.7. The predicted octanol–water partition coefficient (Wildman–Crippen LogP) is 3.72. The van der Waals surface area contributed by atoms with Crippen LogP contribution in [0.1, 0.15) is 5.56 Å². The van der Waals surface area contributed by atoms with E-state index < -0.39 is 0 Å². The van der Waals surface area contributed by atoms with Crippen LogP contribution in [-0.4, -0.2) is 8.86 Å². The van der Waals surface area contributed by atoms with Crippen LogP contribution in [0.15, 0.2) is 30.3 Å². The van der Waals surface area contributed by atoms with Crippen molar-refractivity contribution in [1.29, 1.82) is 0 Å². The first kappa shape index (κ1) is 10.8. The van der Waals surface area contributed by atoms with Crippen molar-refractivity contribution < 1.29 is 0 Å². The second-order valence-electron chi connectivity index (χ2n) is 2.86. The van der Waals surface area contributed by atoms with Gasteiger partial charge in [-0.3, -0.25) is 0 Å². The Bertz CT molecular complexity index is 204. The van der Waals surface area contributed by atoms with Gasteiger partial charge in [-0.15, -0.1) is 0 Å². The monoisotopic (exact) mass is 386 g/mol. The topological polar surface area (TPSA) is 0 Å². The molecule has 0 saturated carbocycles. The quantitative estimate of drug-likeness (QED) is 0.547. The predicted molar refractivity (Wildman–Crippen MR) is 71.4 cm³/mol. The minimum Gasteiger partial charge on any atom is -0.0860 e. The average Bonchev–Trinajstić information content (AvgIpc) is 2.16. The highest BCUT2D eigenvalue weighted by molar-refractivity contribution is 14.1. The molecule has 0 aliphatic rings. The normalized spacial score (nSPS) is 10.6. The van der Waals surface area contributed by atoms with E-state index in [4.69, 9.17) is 0 Å². The van der Waals surface area contributed by atoms with E-state index in [1.54, 1.807) is 0 Å². The average molecular weight is 386 g/mol. The van der Waals surface area contributed by atoms with Crippen molar-refractivity contribution in [3.8, 4) is 0 Å². The van der Waals surface area contributed by atoms with E-state index in [1.807, 2.05) is 0 Å². The van der Waals surface area contributed by atoms with Gasteiger partial charge in [0.2, 0.25) is 0 Å². The van der Waals surface area contributed by atoms with Crippen LogP contribution in [0.2, 0.25) is 0 Å². The van der Waals surface area contributed by atoms with Crippen LogP contribution in [0.4, 0.5) is 0 Å². The van der Waals surface area contributed by atoms with Gasteiger partial charge in [0.1, 0.15) is 0 Å². The molecule has 0 amide bonds. The lowest BCUT2D eigenvalue weighted by atomic mass is 10.0. The van der Waals surface area contributed by atoms with Crippen molar-refractivity contribution >= 4 is 45.2 Å². The lowest BCUT2D eigenvalue weighted by Crippen LogP contribution is -2.06. The Morgan fingerprint density at radius 2 is 1.58 bits per heavy atom. The molecular weight excluding hydrogens is 374 g/mol. The third-order valence-electron chi connectivity index (χ3n) is 1.80. The van der Waals surface area contributed by atoms with Gasteiger partial charge in [0.15, 0.2) is 0 Å². The molecule has 1 aromatic rings. The third kappa shape index (κ3) is 3.60. The van der Waals surface area contributed by atoms with Crippen LogP contribution < -0.4 is 0 Å². The molecule has 0 atom stereocenters. The minimum atomic E-state index is 0.841. The van der Waals surface area contributed by atoms with Gasteiger partial charge in [-0.05, 0) is 17.9 Å². The van der Waals surface area contributed by atoms with Crippen LogP contribution in [0.25, 0.3) is 0 Å². The van der Waals surface area contributed by atoms with E-state index in [0.29, 0.717) is 0 Å². The Balaban J connectivity index is 2.51. The molecule has 66 valence electrons. The van der Waals surface area contributed by atoms with Crippen molar-refractivity contribution in [2.24, 2.45) is 5.92 Å². The number of halogens is 2. The summed E-state index contributed by atoms with van der Waals surface area (Å²) in [6.45, 7) is 0. The molecule has 0 heterocycles. The Morgan fingerprint density at radius 1 is 1.00 bits per heavy atom. The number of hydrogen-bond donors (Lipinski definition) is 0. The van der Waals surface area contributed by atoms with E-state index in [2.05, 4.69) is 75.5 Å². The Labute approximate surface area is 101 Å². The standard InChI is InChI=1S/C10H12I2/c11-7-10(8-12)6-9-4-2-1-3-5-9/h1-5,10H,6-8H2. The van der Waals surface area contributed by atoms with Crippen molar-refractivity contribution in [2.45, 2.75) is 6.42 Å². The van der Waals surface area contributed by atoms with E-state index in [1.165, 1.54) is 20.8 Å². The first-order valence-electron chi connectivity index (χ1n) is 4.02. The maximum Gasteiger partial charge on any atom is 0.00342 e. The summed E-state index contributed by atoms with van der Waals surface area (Å²) in [5.74, 6) is 0.841. The third-order valence-corrected chi connectivity index (χ3v) is 4.29. The second kappa shape index (κ2) is 6.18. The lowest BCUT2D eigenvalue weighted by Gasteiger charge is -2.09. The maximum absolute atomic E-state index is 2.47. The summed E-state index contributed by atoms with van der Waals surface area (Å²) in [6.07, 6.45) is 1.23. The molecule has 0 radical (unpaired) electrons. The number of rotatable bonds is 4. The first-order chi connectivity index (χ1) is 5.86. The molecule has 2 heteroatoms. The van der Waals surface area contributed by atoms with Gasteiger partial charge in [-0.1, -0.05) is 75.5 Å². The van der Waals surface area contributed by atoms with Gasteiger partial charge in [0.25, 0.3) is 0 Å². The summed E-state index contributed by atoms with van der Waals surface area (Å²) < 4.78 is 2.52. The molecule has 0 aliphatic heterocycles. The smallest absolute Gasteiger partial charge is 0.00342 e. The van der Waals surface area contributed by atoms with Crippen molar-refractivity contribution in [1.82, 2.24) is 0 Å². The number of alkyl halides is 2. The molecule has 0 N–H and O–H groups in total. The van der Waals surface area contributed by atoms with Gasteiger partial charge in [0.05, 0.1) is 0 Å². The van der Waals surface area contributed by atoms with E-state index in [9.17, 15) is 0 Å². The SMILES string of the molecule is ICC(CI)Cc1ccccc1. The minimum absolute atomic E-state index is 0.841. The summed E-state index contributed by atoms with van der Waals surface area (Å²) >= 11 is 4.94. The molecule has 0 nitrogen and oxygen atoms in total. The van der Waals surface area contributed by atoms with Crippen LogP contribution in [-0.2, 0) is 6.42 Å². The largest absolute Gasteiger partial charge is 0.0860 e. The van der Waals surface area contributed by atoms with Crippen molar-refractivity contribution in [3.63, 3.8) is 0 Å². The number of benzene rings is 1. The van der Waals surface area contributed by atoms with Crippen LogP contribution >= 0.6 is 45.2 Å². The highest BCUT2D eigenvalue weighted by atomic mass is 127. The van der Waals surface area contributed by atoms with Gasteiger partial charge >= 0.3 is 0 Å². The molecule has 0 spiro atoms. The molecule has 0 unspecified atom stereocenters. The second-order valence-corrected chi connectivity index (χ2v) is 4.63.